The first-order chi connectivity index (χ1) is 8.10. The molecule has 1 heterocycles. The molecule has 8 nitrogen and oxygen atoms in total. The number of H-pyrrole nitrogens is 1. The van der Waals surface area contributed by atoms with Crippen molar-refractivity contribution in [1.29, 1.82) is 5.26 Å². The highest BCUT2D eigenvalue weighted by Crippen LogP contribution is 2.16. The molecule has 0 aliphatic carbocycles. The Labute approximate surface area is 95.4 Å². The molecule has 2 atom stereocenters. The number of azide groups is 1. The molecule has 88 valence electrons. The van der Waals surface area contributed by atoms with E-state index in [2.05, 4.69) is 15.0 Å². The Morgan fingerprint density at radius 3 is 2.94 bits per heavy atom. The third kappa shape index (κ3) is 3.06. The van der Waals surface area contributed by atoms with Gasteiger partial charge < -0.3 is 15.2 Å². The fraction of sp³-hybridized carbons (Fsp3) is 0.333. The fourth-order valence-electron chi connectivity index (χ4n) is 1.20. The molecule has 8 heteroatoms. The number of nitrogens with zero attached hydrogens (tertiary/aromatic N) is 4. The van der Waals surface area contributed by atoms with Crippen LogP contribution in [-0.4, -0.2) is 27.8 Å². The van der Waals surface area contributed by atoms with Gasteiger partial charge in [-0.3, -0.25) is 4.79 Å². The molecule has 0 amide bonds. The Morgan fingerprint density at radius 1 is 1.65 bits per heavy atom. The average Bonchev–Trinajstić information content (AvgIpc) is 2.35. The largest absolute Gasteiger partial charge is 0.390 e. The number of rotatable bonds is 4. The average molecular weight is 235 g/mol. The van der Waals surface area contributed by atoms with E-state index in [9.17, 15) is 15.0 Å². The van der Waals surface area contributed by atoms with Crippen LogP contribution in [0.2, 0.25) is 0 Å². The predicted molar refractivity (Wildman–Crippen MR) is 56.8 cm³/mol. The van der Waals surface area contributed by atoms with E-state index in [4.69, 9.17) is 10.8 Å². The molecule has 0 saturated heterocycles. The molecule has 0 spiro atoms. The number of hydrogen-bond acceptors (Lipinski definition) is 5. The second-order valence-corrected chi connectivity index (χ2v) is 3.21. The smallest absolute Gasteiger partial charge is 0.265 e. The first-order valence-electron chi connectivity index (χ1n) is 4.60. The second kappa shape index (κ2) is 5.67. The maximum absolute atomic E-state index is 11.1. The van der Waals surface area contributed by atoms with Gasteiger partial charge >= 0.3 is 0 Å². The van der Waals surface area contributed by atoms with Crippen LogP contribution in [-0.2, 0) is 0 Å². The van der Waals surface area contributed by atoms with E-state index in [0.717, 1.165) is 0 Å². The van der Waals surface area contributed by atoms with E-state index in [1.54, 1.807) is 6.07 Å². The summed E-state index contributed by atoms with van der Waals surface area (Å²) in [5.41, 5.74) is 7.48. The third-order valence-corrected chi connectivity index (χ3v) is 2.08. The lowest BCUT2D eigenvalue weighted by molar-refractivity contribution is 0.0242. The minimum Gasteiger partial charge on any atom is -0.390 e. The highest BCUT2D eigenvalue weighted by molar-refractivity contribution is 5.30. The molecule has 3 N–H and O–H groups in total. The fourth-order valence-corrected chi connectivity index (χ4v) is 1.20. The van der Waals surface area contributed by atoms with E-state index < -0.39 is 17.8 Å². The monoisotopic (exact) mass is 235 g/mol. The molecule has 2 unspecified atom stereocenters. The number of pyridine rings is 1. The van der Waals surface area contributed by atoms with Gasteiger partial charge in [-0.25, -0.2) is 0 Å². The zero-order valence-electron chi connectivity index (χ0n) is 8.61. The number of nitrogens with one attached hydrogen (secondary N) is 1. The zero-order valence-corrected chi connectivity index (χ0v) is 8.61. The number of aromatic amines is 1. The quantitative estimate of drug-likeness (QED) is 0.381. The topological polar surface area (TPSA) is 146 Å². The maximum Gasteiger partial charge on any atom is 0.265 e. The lowest BCUT2D eigenvalue weighted by Crippen LogP contribution is -2.22. The molecule has 0 aromatic carbocycles. The summed E-state index contributed by atoms with van der Waals surface area (Å²) in [6.45, 7) is -0.307. The van der Waals surface area contributed by atoms with Crippen molar-refractivity contribution in [3.05, 3.63) is 44.2 Å². The Balaban J connectivity index is 2.97. The number of aliphatic hydroxyl groups excluding tert-OH is 2. The van der Waals surface area contributed by atoms with Gasteiger partial charge in [0.15, 0.2) is 0 Å². The molecule has 0 aliphatic rings. The standard InChI is InChI=1S/C9H9N5O3/c10-2-5-1-6(3-12-9(5)17)8(16)7(15)4-13-14-11/h1,3,7-8,15-16H,4H2,(H,12,17). The van der Waals surface area contributed by atoms with Crippen LogP contribution in [0.1, 0.15) is 17.2 Å². The van der Waals surface area contributed by atoms with Gasteiger partial charge in [-0.15, -0.1) is 0 Å². The van der Waals surface area contributed by atoms with Crippen LogP contribution >= 0.6 is 0 Å². The predicted octanol–water partition coefficient (Wildman–Crippen LogP) is -0.0488. The number of aliphatic hydroxyl groups is 2. The Bertz CT molecular complexity index is 540. The normalized spacial score (nSPS) is 13.2. The highest BCUT2D eigenvalue weighted by atomic mass is 16.3. The summed E-state index contributed by atoms with van der Waals surface area (Å²) in [7, 11) is 0. The summed E-state index contributed by atoms with van der Waals surface area (Å²) in [4.78, 5) is 15.8. The van der Waals surface area contributed by atoms with Crippen LogP contribution in [0.5, 0.6) is 0 Å². The van der Waals surface area contributed by atoms with Crippen molar-refractivity contribution < 1.29 is 10.2 Å². The molecule has 1 aromatic heterocycles. The van der Waals surface area contributed by atoms with Crippen molar-refractivity contribution in [2.45, 2.75) is 12.2 Å². The summed E-state index contributed by atoms with van der Waals surface area (Å²) >= 11 is 0. The summed E-state index contributed by atoms with van der Waals surface area (Å²) in [5.74, 6) is 0. The minimum absolute atomic E-state index is 0.168. The number of nitriles is 1. The van der Waals surface area contributed by atoms with Gasteiger partial charge in [0.1, 0.15) is 17.7 Å². The van der Waals surface area contributed by atoms with Crippen LogP contribution in [0, 0.1) is 11.3 Å². The Kier molecular flexibility index (Phi) is 4.25. The minimum atomic E-state index is -1.34. The van der Waals surface area contributed by atoms with Crippen LogP contribution in [0.4, 0.5) is 0 Å². The molecule has 0 saturated carbocycles. The van der Waals surface area contributed by atoms with Crippen molar-refractivity contribution in [3.63, 3.8) is 0 Å². The molecule has 1 aromatic rings. The second-order valence-electron chi connectivity index (χ2n) is 3.21. The molecule has 1 rings (SSSR count). The van der Waals surface area contributed by atoms with Crippen LogP contribution < -0.4 is 5.56 Å². The maximum atomic E-state index is 11.1. The summed E-state index contributed by atoms with van der Waals surface area (Å²) in [6, 6.07) is 2.82. The van der Waals surface area contributed by atoms with E-state index >= 15 is 0 Å². The highest BCUT2D eigenvalue weighted by Gasteiger charge is 2.18. The summed E-state index contributed by atoms with van der Waals surface area (Å²) in [6.07, 6.45) is -1.46. The summed E-state index contributed by atoms with van der Waals surface area (Å²) in [5, 5.41) is 30.8. The SMILES string of the molecule is N#Cc1cc(C(O)C(O)CN=[N+]=[N-])c[nH]c1=O. The van der Waals surface area contributed by atoms with Gasteiger partial charge in [-0.1, -0.05) is 5.11 Å². The van der Waals surface area contributed by atoms with Gasteiger partial charge in [0.2, 0.25) is 0 Å². The lowest BCUT2D eigenvalue weighted by Gasteiger charge is -2.15. The Hall–Kier alpha value is -2.33. The van der Waals surface area contributed by atoms with Crippen molar-refractivity contribution in [3.8, 4) is 6.07 Å². The summed E-state index contributed by atoms with van der Waals surface area (Å²) < 4.78 is 0. The van der Waals surface area contributed by atoms with Gasteiger partial charge in [0.25, 0.3) is 5.56 Å². The zero-order chi connectivity index (χ0) is 12.8. The molecule has 0 bridgehead atoms. The molecule has 0 fully saturated rings. The molecular weight excluding hydrogens is 226 g/mol. The molecular formula is C9H9N5O3. The van der Waals surface area contributed by atoms with E-state index in [1.807, 2.05) is 0 Å². The van der Waals surface area contributed by atoms with Gasteiger partial charge in [0.05, 0.1) is 12.6 Å². The Morgan fingerprint density at radius 2 is 2.35 bits per heavy atom. The number of aromatic nitrogens is 1. The molecule has 0 radical (unpaired) electrons. The number of hydrogen-bond donors (Lipinski definition) is 3. The first kappa shape index (κ1) is 12.7. The van der Waals surface area contributed by atoms with Gasteiger partial charge in [-0.05, 0) is 11.6 Å². The van der Waals surface area contributed by atoms with Crippen LogP contribution in [0.25, 0.3) is 10.4 Å². The lowest BCUT2D eigenvalue weighted by atomic mass is 10.1. The van der Waals surface area contributed by atoms with Crippen molar-refractivity contribution in [1.82, 2.24) is 4.98 Å². The van der Waals surface area contributed by atoms with Gasteiger partial charge in [0, 0.05) is 16.7 Å². The van der Waals surface area contributed by atoms with E-state index in [1.165, 1.54) is 12.3 Å². The first-order valence-corrected chi connectivity index (χ1v) is 4.60. The third-order valence-electron chi connectivity index (χ3n) is 2.08. The van der Waals surface area contributed by atoms with Crippen molar-refractivity contribution >= 4 is 0 Å². The molecule has 17 heavy (non-hydrogen) atoms. The van der Waals surface area contributed by atoms with E-state index in [0.29, 0.717) is 0 Å². The van der Waals surface area contributed by atoms with E-state index in [-0.39, 0.29) is 17.7 Å². The molecule has 0 aliphatic heterocycles. The van der Waals surface area contributed by atoms with Gasteiger partial charge in [-0.2, -0.15) is 5.26 Å². The van der Waals surface area contributed by atoms with Crippen LogP contribution in [0.3, 0.4) is 0 Å². The van der Waals surface area contributed by atoms with Crippen molar-refractivity contribution in [2.75, 3.05) is 6.54 Å². The van der Waals surface area contributed by atoms with Crippen LogP contribution in [0.15, 0.2) is 22.2 Å². The van der Waals surface area contributed by atoms with Crippen molar-refractivity contribution in [2.24, 2.45) is 5.11 Å².